The standard InChI is InChI=1S/C39H24N2OS/c1-2-8-25(9-3-1)26-14-17-28(18-15-26)41(29-19-21-32-31-12-6-7-13-34(31)42-35(32)24-29)39-37-33-20-16-27-10-4-5-11-30(27)38(33)43-36(37)22-23-40-39/h1-24H. The molecule has 0 aliphatic rings. The second-order valence-electron chi connectivity index (χ2n) is 10.8. The number of benzene rings is 6. The van der Waals surface area contributed by atoms with Crippen LogP contribution in [-0.4, -0.2) is 4.98 Å². The molecular formula is C39H24N2OS. The van der Waals surface area contributed by atoms with Gasteiger partial charge in [0, 0.05) is 48.9 Å². The van der Waals surface area contributed by atoms with E-state index in [1.54, 1.807) is 0 Å². The molecule has 0 unspecified atom stereocenters. The minimum atomic E-state index is 0.859. The molecule has 9 rings (SSSR count). The number of hydrogen-bond donors (Lipinski definition) is 0. The number of pyridine rings is 1. The summed E-state index contributed by atoms with van der Waals surface area (Å²) in [6.45, 7) is 0. The quantitative estimate of drug-likeness (QED) is 0.211. The molecule has 0 atom stereocenters. The predicted molar refractivity (Wildman–Crippen MR) is 182 cm³/mol. The van der Waals surface area contributed by atoms with Crippen LogP contribution in [0.3, 0.4) is 0 Å². The maximum atomic E-state index is 6.34. The fourth-order valence-electron chi connectivity index (χ4n) is 6.28. The Morgan fingerprint density at radius 2 is 1.23 bits per heavy atom. The zero-order chi connectivity index (χ0) is 28.3. The number of hydrogen-bond acceptors (Lipinski definition) is 4. The number of anilines is 3. The number of para-hydroxylation sites is 1. The minimum absolute atomic E-state index is 0.859. The van der Waals surface area contributed by atoms with Crippen LogP contribution in [0.5, 0.6) is 0 Å². The second-order valence-corrected chi connectivity index (χ2v) is 11.9. The van der Waals surface area contributed by atoms with Crippen LogP contribution >= 0.6 is 11.3 Å². The SMILES string of the molecule is c1ccc(-c2ccc(N(c3ccc4c(c3)oc3ccccc34)c3nccc4sc5c6ccccc6ccc5c34)cc2)cc1. The Hall–Kier alpha value is -5.45. The van der Waals surface area contributed by atoms with Crippen molar-refractivity contribution in [2.45, 2.75) is 0 Å². The van der Waals surface area contributed by atoms with Crippen LogP contribution in [0.25, 0.3) is 64.0 Å². The predicted octanol–water partition coefficient (Wildman–Crippen LogP) is 11.6. The average molecular weight is 569 g/mol. The Morgan fingerprint density at radius 3 is 2.12 bits per heavy atom. The summed E-state index contributed by atoms with van der Waals surface area (Å²) in [5.41, 5.74) is 6.16. The van der Waals surface area contributed by atoms with Crippen LogP contribution in [0.15, 0.2) is 150 Å². The molecule has 202 valence electrons. The van der Waals surface area contributed by atoms with Gasteiger partial charge < -0.3 is 4.42 Å². The van der Waals surface area contributed by atoms with E-state index in [1.165, 1.54) is 36.7 Å². The van der Waals surface area contributed by atoms with Crippen molar-refractivity contribution in [2.75, 3.05) is 4.90 Å². The lowest BCUT2D eigenvalue weighted by Gasteiger charge is -2.25. The maximum absolute atomic E-state index is 6.34. The molecule has 0 spiro atoms. The van der Waals surface area contributed by atoms with Gasteiger partial charge in [0.25, 0.3) is 0 Å². The minimum Gasteiger partial charge on any atom is -0.456 e. The molecule has 0 saturated heterocycles. The Kier molecular flexibility index (Phi) is 5.37. The lowest BCUT2D eigenvalue weighted by Crippen LogP contribution is -2.11. The molecule has 0 bridgehead atoms. The summed E-state index contributed by atoms with van der Waals surface area (Å²) in [6.07, 6.45) is 1.93. The van der Waals surface area contributed by atoms with Crippen LogP contribution in [0.2, 0.25) is 0 Å². The highest BCUT2D eigenvalue weighted by atomic mass is 32.1. The average Bonchev–Trinajstić information content (AvgIpc) is 3.64. The van der Waals surface area contributed by atoms with Crippen LogP contribution in [-0.2, 0) is 0 Å². The third-order valence-corrected chi connectivity index (χ3v) is 9.52. The Labute approximate surface area is 251 Å². The van der Waals surface area contributed by atoms with Gasteiger partial charge in [-0.15, -0.1) is 11.3 Å². The van der Waals surface area contributed by atoms with Crippen molar-refractivity contribution >= 4 is 81.4 Å². The van der Waals surface area contributed by atoms with E-state index in [4.69, 9.17) is 9.40 Å². The molecule has 9 aromatic rings. The number of aromatic nitrogens is 1. The van der Waals surface area contributed by atoms with Crippen molar-refractivity contribution in [2.24, 2.45) is 0 Å². The van der Waals surface area contributed by atoms with E-state index in [0.29, 0.717) is 0 Å². The van der Waals surface area contributed by atoms with Crippen LogP contribution < -0.4 is 4.90 Å². The maximum Gasteiger partial charge on any atom is 0.146 e. The highest BCUT2D eigenvalue weighted by Crippen LogP contribution is 2.46. The molecule has 0 saturated carbocycles. The van der Waals surface area contributed by atoms with Crippen molar-refractivity contribution < 1.29 is 4.42 Å². The lowest BCUT2D eigenvalue weighted by molar-refractivity contribution is 0.669. The molecule has 0 aliphatic heterocycles. The molecule has 3 heterocycles. The molecule has 0 N–H and O–H groups in total. The van der Waals surface area contributed by atoms with Crippen LogP contribution in [0.4, 0.5) is 17.2 Å². The molecule has 43 heavy (non-hydrogen) atoms. The monoisotopic (exact) mass is 568 g/mol. The van der Waals surface area contributed by atoms with Gasteiger partial charge in [0.15, 0.2) is 0 Å². The van der Waals surface area contributed by atoms with E-state index in [1.807, 2.05) is 29.7 Å². The van der Waals surface area contributed by atoms with E-state index in [9.17, 15) is 0 Å². The van der Waals surface area contributed by atoms with Gasteiger partial charge in [-0.2, -0.15) is 0 Å². The van der Waals surface area contributed by atoms with E-state index in [0.717, 1.165) is 44.5 Å². The van der Waals surface area contributed by atoms with Gasteiger partial charge in [-0.3, -0.25) is 4.90 Å². The third kappa shape index (κ3) is 3.84. The van der Waals surface area contributed by atoms with Crippen molar-refractivity contribution in [3.8, 4) is 11.1 Å². The summed E-state index contributed by atoms with van der Waals surface area (Å²) >= 11 is 1.83. The highest BCUT2D eigenvalue weighted by Gasteiger charge is 2.21. The summed E-state index contributed by atoms with van der Waals surface area (Å²) in [6, 6.07) is 49.2. The number of nitrogens with zero attached hydrogens (tertiary/aromatic N) is 2. The third-order valence-electron chi connectivity index (χ3n) is 8.32. The molecule has 3 nitrogen and oxygen atoms in total. The fourth-order valence-corrected chi connectivity index (χ4v) is 7.51. The first-order valence-electron chi connectivity index (χ1n) is 14.4. The fraction of sp³-hybridized carbons (Fsp3) is 0. The number of fused-ring (bicyclic) bond motifs is 8. The molecule has 0 fully saturated rings. The van der Waals surface area contributed by atoms with Gasteiger partial charge in [0.2, 0.25) is 0 Å². The largest absolute Gasteiger partial charge is 0.456 e. The van der Waals surface area contributed by atoms with Crippen molar-refractivity contribution in [1.82, 2.24) is 4.98 Å². The smallest absolute Gasteiger partial charge is 0.146 e. The summed E-state index contributed by atoms with van der Waals surface area (Å²) in [5.74, 6) is 0.905. The van der Waals surface area contributed by atoms with Crippen molar-refractivity contribution in [3.63, 3.8) is 0 Å². The molecule has 4 heteroatoms. The van der Waals surface area contributed by atoms with Crippen LogP contribution in [0, 0.1) is 0 Å². The zero-order valence-electron chi connectivity index (χ0n) is 23.1. The van der Waals surface area contributed by atoms with E-state index in [2.05, 4.69) is 132 Å². The van der Waals surface area contributed by atoms with Crippen molar-refractivity contribution in [3.05, 3.63) is 146 Å². The van der Waals surface area contributed by atoms with Gasteiger partial charge in [0.05, 0.1) is 5.69 Å². The Bertz CT molecular complexity index is 2460. The summed E-state index contributed by atoms with van der Waals surface area (Å²) < 4.78 is 8.84. The summed E-state index contributed by atoms with van der Waals surface area (Å²) in [7, 11) is 0. The summed E-state index contributed by atoms with van der Waals surface area (Å²) in [5, 5.41) is 7.13. The van der Waals surface area contributed by atoms with Gasteiger partial charge >= 0.3 is 0 Å². The topological polar surface area (TPSA) is 29.3 Å². The Balaban J connectivity index is 1.30. The Morgan fingerprint density at radius 1 is 0.535 bits per heavy atom. The normalized spacial score (nSPS) is 11.7. The summed E-state index contributed by atoms with van der Waals surface area (Å²) in [4.78, 5) is 7.34. The van der Waals surface area contributed by atoms with Gasteiger partial charge in [-0.1, -0.05) is 97.1 Å². The second kappa shape index (κ2) is 9.55. The molecular weight excluding hydrogens is 545 g/mol. The van der Waals surface area contributed by atoms with Gasteiger partial charge in [0.1, 0.15) is 17.0 Å². The first kappa shape index (κ1) is 24.2. The van der Waals surface area contributed by atoms with E-state index >= 15 is 0 Å². The lowest BCUT2D eigenvalue weighted by atomic mass is 10.0. The molecule has 3 aromatic heterocycles. The first-order chi connectivity index (χ1) is 21.3. The van der Waals surface area contributed by atoms with Gasteiger partial charge in [-0.05, 0) is 58.3 Å². The van der Waals surface area contributed by atoms with E-state index in [-0.39, 0.29) is 0 Å². The zero-order valence-corrected chi connectivity index (χ0v) is 23.9. The van der Waals surface area contributed by atoms with Crippen LogP contribution in [0.1, 0.15) is 0 Å². The number of rotatable bonds is 4. The highest BCUT2D eigenvalue weighted by molar-refractivity contribution is 7.26. The molecule has 0 aliphatic carbocycles. The van der Waals surface area contributed by atoms with Gasteiger partial charge in [-0.25, -0.2) is 4.98 Å². The number of thiophene rings is 1. The molecule has 6 aromatic carbocycles. The molecule has 0 radical (unpaired) electrons. The number of furan rings is 1. The first-order valence-corrected chi connectivity index (χ1v) is 15.2. The van der Waals surface area contributed by atoms with E-state index < -0.39 is 0 Å². The molecule has 0 amide bonds. The van der Waals surface area contributed by atoms with Crippen molar-refractivity contribution in [1.29, 1.82) is 0 Å².